The molecular formula is C21H16F4N2O4. The summed E-state index contributed by atoms with van der Waals surface area (Å²) in [5.74, 6) is -2.60. The van der Waals surface area contributed by atoms with Crippen molar-refractivity contribution in [2.24, 2.45) is 0 Å². The smallest absolute Gasteiger partial charge is 0.496 e. The summed E-state index contributed by atoms with van der Waals surface area (Å²) >= 11 is 0. The van der Waals surface area contributed by atoms with E-state index in [0.717, 1.165) is 6.07 Å². The quantitative estimate of drug-likeness (QED) is 0.502. The maximum atomic E-state index is 14.2. The average molecular weight is 436 g/mol. The van der Waals surface area contributed by atoms with E-state index in [1.807, 2.05) is 0 Å². The number of pyridine rings is 1. The van der Waals surface area contributed by atoms with Gasteiger partial charge in [0.15, 0.2) is 11.6 Å². The summed E-state index contributed by atoms with van der Waals surface area (Å²) < 4.78 is 59.9. The monoisotopic (exact) mass is 436 g/mol. The largest absolute Gasteiger partial charge is 0.573 e. The number of halogens is 4. The van der Waals surface area contributed by atoms with Crippen LogP contribution in [0, 0.1) is 5.82 Å². The van der Waals surface area contributed by atoms with Crippen LogP contribution in [-0.4, -0.2) is 29.5 Å². The van der Waals surface area contributed by atoms with Crippen LogP contribution in [0.2, 0.25) is 0 Å². The number of benzene rings is 2. The minimum Gasteiger partial charge on any atom is -0.496 e. The Hall–Kier alpha value is -3.82. The molecule has 1 aromatic heterocycles. The van der Waals surface area contributed by atoms with Gasteiger partial charge >= 0.3 is 12.3 Å². The first kappa shape index (κ1) is 21.9. The van der Waals surface area contributed by atoms with E-state index >= 15 is 0 Å². The van der Waals surface area contributed by atoms with Gasteiger partial charge in [0.2, 0.25) is 0 Å². The fourth-order valence-corrected chi connectivity index (χ4v) is 2.81. The number of carbonyl (C=O) groups is 1. The van der Waals surface area contributed by atoms with Gasteiger partial charge in [-0.25, -0.2) is 14.2 Å². The van der Waals surface area contributed by atoms with Crippen LogP contribution in [0.3, 0.4) is 0 Å². The van der Waals surface area contributed by atoms with E-state index in [1.165, 1.54) is 37.6 Å². The maximum absolute atomic E-state index is 14.2. The summed E-state index contributed by atoms with van der Waals surface area (Å²) in [4.78, 5) is 15.5. The fraction of sp³-hybridized carbons (Fsp3) is 0.143. The van der Waals surface area contributed by atoms with Crippen molar-refractivity contribution in [1.29, 1.82) is 0 Å². The molecule has 0 atom stereocenters. The van der Waals surface area contributed by atoms with Gasteiger partial charge in [0, 0.05) is 23.9 Å². The zero-order valence-corrected chi connectivity index (χ0v) is 16.0. The first-order valence-corrected chi connectivity index (χ1v) is 8.82. The highest BCUT2D eigenvalue weighted by atomic mass is 19.4. The van der Waals surface area contributed by atoms with Crippen molar-refractivity contribution >= 4 is 11.8 Å². The Balaban J connectivity index is 1.73. The molecule has 2 aromatic carbocycles. The maximum Gasteiger partial charge on any atom is 0.573 e. The van der Waals surface area contributed by atoms with E-state index in [-0.39, 0.29) is 23.4 Å². The summed E-state index contributed by atoms with van der Waals surface area (Å²) in [5.41, 5.74) is 1.19. The SMILES string of the molecule is COc1ccc(-c2ccc(NCc3cccc(OC(F)(F)F)c3F)nc2)cc1C(=O)O. The highest BCUT2D eigenvalue weighted by Crippen LogP contribution is 2.29. The van der Waals surface area contributed by atoms with E-state index in [2.05, 4.69) is 15.0 Å². The molecule has 0 aliphatic heterocycles. The van der Waals surface area contributed by atoms with E-state index in [0.29, 0.717) is 16.9 Å². The third-order valence-electron chi connectivity index (χ3n) is 4.26. The number of nitrogens with one attached hydrogen (secondary N) is 1. The number of ether oxygens (including phenoxy) is 2. The standard InChI is InChI=1S/C21H16F4N2O4/c1-30-16-7-5-12(9-15(16)20(28)29)13-6-8-18(26-10-13)27-11-14-3-2-4-17(19(14)22)31-21(23,24)25/h2-10H,11H2,1H3,(H,26,27)(H,28,29). The van der Waals surface area contributed by atoms with Gasteiger partial charge in [-0.2, -0.15) is 0 Å². The first-order valence-electron chi connectivity index (χ1n) is 8.82. The number of carboxylic acids is 1. The number of methoxy groups -OCH3 is 1. The van der Waals surface area contributed by atoms with Gasteiger partial charge in [0.25, 0.3) is 0 Å². The Morgan fingerprint density at radius 3 is 2.45 bits per heavy atom. The molecule has 0 unspecified atom stereocenters. The number of alkyl halides is 3. The average Bonchev–Trinajstić information content (AvgIpc) is 2.73. The molecule has 31 heavy (non-hydrogen) atoms. The lowest BCUT2D eigenvalue weighted by Gasteiger charge is -2.13. The third kappa shape index (κ3) is 5.41. The second-order valence-corrected chi connectivity index (χ2v) is 6.28. The van der Waals surface area contributed by atoms with Gasteiger partial charge in [-0.15, -0.1) is 13.2 Å². The van der Waals surface area contributed by atoms with Crippen LogP contribution >= 0.6 is 0 Å². The fourth-order valence-electron chi connectivity index (χ4n) is 2.81. The van der Waals surface area contributed by atoms with Crippen molar-refractivity contribution < 1.29 is 36.9 Å². The topological polar surface area (TPSA) is 80.7 Å². The zero-order valence-electron chi connectivity index (χ0n) is 16.0. The zero-order chi connectivity index (χ0) is 22.6. The predicted octanol–water partition coefficient (Wildman–Crippen LogP) is 5.11. The molecule has 6 nitrogen and oxygen atoms in total. The Morgan fingerprint density at radius 2 is 1.84 bits per heavy atom. The number of aromatic carboxylic acids is 1. The first-order chi connectivity index (χ1) is 14.7. The minimum atomic E-state index is -4.99. The van der Waals surface area contributed by atoms with Crippen LogP contribution in [0.15, 0.2) is 54.7 Å². The molecular weight excluding hydrogens is 420 g/mol. The Kier molecular flexibility index (Phi) is 6.28. The summed E-state index contributed by atoms with van der Waals surface area (Å²) in [5, 5.41) is 12.1. The second kappa shape index (κ2) is 8.90. The highest BCUT2D eigenvalue weighted by molar-refractivity contribution is 5.92. The molecule has 0 radical (unpaired) electrons. The van der Waals surface area contributed by atoms with Gasteiger partial charge < -0.3 is 19.9 Å². The highest BCUT2D eigenvalue weighted by Gasteiger charge is 2.32. The van der Waals surface area contributed by atoms with Crippen molar-refractivity contribution in [3.63, 3.8) is 0 Å². The number of hydrogen-bond acceptors (Lipinski definition) is 5. The van der Waals surface area contributed by atoms with Crippen LogP contribution in [-0.2, 0) is 6.54 Å². The van der Waals surface area contributed by atoms with Crippen LogP contribution in [0.25, 0.3) is 11.1 Å². The van der Waals surface area contributed by atoms with Gasteiger partial charge in [-0.3, -0.25) is 0 Å². The number of anilines is 1. The van der Waals surface area contributed by atoms with Crippen molar-refractivity contribution in [3.05, 3.63) is 71.7 Å². The molecule has 0 spiro atoms. The van der Waals surface area contributed by atoms with Gasteiger partial charge in [-0.1, -0.05) is 18.2 Å². The minimum absolute atomic E-state index is 0.00126. The number of aromatic nitrogens is 1. The van der Waals surface area contributed by atoms with Gasteiger partial charge in [-0.05, 0) is 35.9 Å². The van der Waals surface area contributed by atoms with E-state index in [1.54, 1.807) is 18.2 Å². The van der Waals surface area contributed by atoms with Gasteiger partial charge in [0.1, 0.15) is 17.1 Å². The number of rotatable bonds is 7. The molecule has 0 aliphatic rings. The van der Waals surface area contributed by atoms with Crippen molar-refractivity contribution in [3.8, 4) is 22.6 Å². The van der Waals surface area contributed by atoms with E-state index in [4.69, 9.17) is 4.74 Å². The van der Waals surface area contributed by atoms with Crippen molar-refractivity contribution in [1.82, 2.24) is 4.98 Å². The van der Waals surface area contributed by atoms with Crippen molar-refractivity contribution in [2.45, 2.75) is 12.9 Å². The van der Waals surface area contributed by atoms with Crippen LogP contribution in [0.4, 0.5) is 23.4 Å². The molecule has 0 amide bonds. The summed E-state index contributed by atoms with van der Waals surface area (Å²) in [6.45, 7) is -0.126. The van der Waals surface area contributed by atoms with Crippen LogP contribution in [0.1, 0.15) is 15.9 Å². The molecule has 10 heteroatoms. The molecule has 0 saturated carbocycles. The number of carboxylic acid groups (broad SMARTS) is 1. The summed E-state index contributed by atoms with van der Waals surface area (Å²) in [7, 11) is 1.37. The summed E-state index contributed by atoms with van der Waals surface area (Å²) in [6.07, 6.45) is -3.51. The lowest BCUT2D eigenvalue weighted by Crippen LogP contribution is -2.18. The lowest BCUT2D eigenvalue weighted by molar-refractivity contribution is -0.275. The number of nitrogens with zero attached hydrogens (tertiary/aromatic N) is 1. The lowest BCUT2D eigenvalue weighted by atomic mass is 10.0. The molecule has 0 bridgehead atoms. The Morgan fingerprint density at radius 1 is 1.10 bits per heavy atom. The van der Waals surface area contributed by atoms with E-state index in [9.17, 15) is 27.5 Å². The number of hydrogen-bond donors (Lipinski definition) is 2. The molecule has 0 saturated heterocycles. The molecule has 3 rings (SSSR count). The predicted molar refractivity (Wildman–Crippen MR) is 104 cm³/mol. The van der Waals surface area contributed by atoms with E-state index < -0.39 is 23.9 Å². The molecule has 3 aromatic rings. The van der Waals surface area contributed by atoms with Crippen LogP contribution in [0.5, 0.6) is 11.5 Å². The van der Waals surface area contributed by atoms with Gasteiger partial charge in [0.05, 0.1) is 7.11 Å². The second-order valence-electron chi connectivity index (χ2n) is 6.28. The summed E-state index contributed by atoms with van der Waals surface area (Å²) in [6, 6.07) is 11.4. The van der Waals surface area contributed by atoms with Crippen molar-refractivity contribution in [2.75, 3.05) is 12.4 Å². The molecule has 1 heterocycles. The molecule has 162 valence electrons. The molecule has 0 aliphatic carbocycles. The Labute approximate surface area is 174 Å². The van der Waals surface area contributed by atoms with Crippen LogP contribution < -0.4 is 14.8 Å². The molecule has 2 N–H and O–H groups in total. The molecule has 0 fully saturated rings. The third-order valence-corrected chi connectivity index (χ3v) is 4.26. The normalized spacial score (nSPS) is 11.1. The Bertz CT molecular complexity index is 1090.